The molecule has 0 aliphatic rings. The maximum absolute atomic E-state index is 5.69. The first-order valence-corrected chi connectivity index (χ1v) is 5.49. The molecule has 0 bridgehead atoms. The zero-order chi connectivity index (χ0) is 11.4. The molecule has 0 radical (unpaired) electrons. The highest BCUT2D eigenvalue weighted by molar-refractivity contribution is 5.37. The van der Waals surface area contributed by atoms with Gasteiger partial charge in [0.2, 0.25) is 0 Å². The summed E-state index contributed by atoms with van der Waals surface area (Å²) in [7, 11) is 1.97. The molecule has 0 saturated carbocycles. The zero-order valence-electron chi connectivity index (χ0n) is 10.3. The van der Waals surface area contributed by atoms with Crippen molar-refractivity contribution in [2.24, 2.45) is 0 Å². The van der Waals surface area contributed by atoms with Crippen molar-refractivity contribution in [3.8, 4) is 5.75 Å². The molecule has 0 heterocycles. The normalized spacial score (nSPS) is 12.9. The molecule has 2 nitrogen and oxygen atoms in total. The van der Waals surface area contributed by atoms with Crippen LogP contribution in [0.3, 0.4) is 0 Å². The summed E-state index contributed by atoms with van der Waals surface area (Å²) in [6.45, 7) is 8.33. The summed E-state index contributed by atoms with van der Waals surface area (Å²) in [5.41, 5.74) is 2.49. The zero-order valence-corrected chi connectivity index (χ0v) is 10.3. The Bertz CT molecular complexity index is 320. The highest BCUT2D eigenvalue weighted by atomic mass is 16.5. The van der Waals surface area contributed by atoms with Crippen LogP contribution < -0.4 is 10.1 Å². The minimum Gasteiger partial charge on any atom is -0.491 e. The van der Waals surface area contributed by atoms with Gasteiger partial charge in [0.05, 0.1) is 6.10 Å². The van der Waals surface area contributed by atoms with Crippen LogP contribution in [0.15, 0.2) is 18.2 Å². The summed E-state index contributed by atoms with van der Waals surface area (Å²) in [5, 5.41) is 3.23. The van der Waals surface area contributed by atoms with Gasteiger partial charge in [0.25, 0.3) is 0 Å². The Morgan fingerprint density at radius 1 is 1.20 bits per heavy atom. The molecule has 0 spiro atoms. The molecule has 0 aliphatic carbocycles. The van der Waals surface area contributed by atoms with E-state index in [4.69, 9.17) is 4.74 Å². The van der Waals surface area contributed by atoms with Crippen molar-refractivity contribution < 1.29 is 4.74 Å². The van der Waals surface area contributed by atoms with Crippen LogP contribution in [0, 0.1) is 6.92 Å². The summed E-state index contributed by atoms with van der Waals surface area (Å²) in [5.74, 6) is 0.983. The van der Waals surface area contributed by atoms with Gasteiger partial charge in [-0.1, -0.05) is 12.1 Å². The van der Waals surface area contributed by atoms with Crippen LogP contribution in [0.5, 0.6) is 5.75 Å². The van der Waals surface area contributed by atoms with Crippen molar-refractivity contribution in [3.63, 3.8) is 0 Å². The van der Waals surface area contributed by atoms with Gasteiger partial charge in [0.1, 0.15) is 5.75 Å². The molecule has 15 heavy (non-hydrogen) atoms. The number of hydrogen-bond acceptors (Lipinski definition) is 2. The molecule has 0 aromatic heterocycles. The summed E-state index contributed by atoms with van der Waals surface area (Å²) >= 11 is 0. The van der Waals surface area contributed by atoms with Gasteiger partial charge in [-0.2, -0.15) is 0 Å². The van der Waals surface area contributed by atoms with Crippen LogP contribution in [0.1, 0.15) is 37.9 Å². The van der Waals surface area contributed by atoms with E-state index in [0.717, 1.165) is 5.75 Å². The molecule has 0 saturated heterocycles. The predicted molar refractivity (Wildman–Crippen MR) is 64.4 cm³/mol. The van der Waals surface area contributed by atoms with Crippen LogP contribution in [-0.4, -0.2) is 13.2 Å². The fourth-order valence-electron chi connectivity index (χ4n) is 1.49. The minimum atomic E-state index is 0.233. The lowest BCUT2D eigenvalue weighted by Crippen LogP contribution is -2.13. The lowest BCUT2D eigenvalue weighted by Gasteiger charge is -2.16. The monoisotopic (exact) mass is 207 g/mol. The Labute approximate surface area is 92.6 Å². The van der Waals surface area contributed by atoms with Crippen LogP contribution in [0.4, 0.5) is 0 Å². The number of rotatable bonds is 4. The first-order chi connectivity index (χ1) is 7.04. The first-order valence-electron chi connectivity index (χ1n) is 5.49. The number of aryl methyl sites for hydroxylation is 1. The molecule has 1 N–H and O–H groups in total. The maximum atomic E-state index is 5.69. The Morgan fingerprint density at radius 2 is 1.87 bits per heavy atom. The second kappa shape index (κ2) is 5.17. The van der Waals surface area contributed by atoms with E-state index in [1.54, 1.807) is 0 Å². The number of ether oxygens (including phenoxy) is 1. The minimum absolute atomic E-state index is 0.233. The largest absolute Gasteiger partial charge is 0.491 e. The molecule has 1 rings (SSSR count). The molecule has 1 aromatic carbocycles. The maximum Gasteiger partial charge on any atom is 0.122 e. The van der Waals surface area contributed by atoms with E-state index in [1.165, 1.54) is 11.1 Å². The number of benzene rings is 1. The van der Waals surface area contributed by atoms with Crippen molar-refractivity contribution in [2.75, 3.05) is 7.05 Å². The van der Waals surface area contributed by atoms with E-state index in [2.05, 4.69) is 37.4 Å². The Morgan fingerprint density at radius 3 is 2.33 bits per heavy atom. The van der Waals surface area contributed by atoms with Crippen LogP contribution >= 0.6 is 0 Å². The summed E-state index contributed by atoms with van der Waals surface area (Å²) in [6, 6.07) is 6.74. The van der Waals surface area contributed by atoms with E-state index in [9.17, 15) is 0 Å². The molecule has 0 fully saturated rings. The van der Waals surface area contributed by atoms with Gasteiger partial charge >= 0.3 is 0 Å². The second-order valence-electron chi connectivity index (χ2n) is 4.20. The second-order valence-corrected chi connectivity index (χ2v) is 4.20. The summed E-state index contributed by atoms with van der Waals surface area (Å²) in [6.07, 6.45) is 0.233. The van der Waals surface area contributed by atoms with E-state index in [0.29, 0.717) is 6.04 Å². The van der Waals surface area contributed by atoms with Crippen LogP contribution in [0.25, 0.3) is 0 Å². The van der Waals surface area contributed by atoms with E-state index in [1.807, 2.05) is 20.9 Å². The number of nitrogens with one attached hydrogen (secondary N) is 1. The van der Waals surface area contributed by atoms with Gasteiger partial charge in [-0.25, -0.2) is 0 Å². The topological polar surface area (TPSA) is 21.3 Å². The molecule has 1 unspecified atom stereocenters. The smallest absolute Gasteiger partial charge is 0.122 e. The quantitative estimate of drug-likeness (QED) is 0.819. The molecule has 84 valence electrons. The summed E-state index contributed by atoms with van der Waals surface area (Å²) < 4.78 is 5.69. The third-order valence-corrected chi connectivity index (χ3v) is 2.49. The Kier molecular flexibility index (Phi) is 4.15. The van der Waals surface area contributed by atoms with Crippen LogP contribution in [-0.2, 0) is 0 Å². The van der Waals surface area contributed by atoms with Gasteiger partial charge in [-0.15, -0.1) is 0 Å². The Hall–Kier alpha value is -1.02. The van der Waals surface area contributed by atoms with E-state index < -0.39 is 0 Å². The van der Waals surface area contributed by atoms with Crippen molar-refractivity contribution >= 4 is 0 Å². The summed E-state index contributed by atoms with van der Waals surface area (Å²) in [4.78, 5) is 0. The average molecular weight is 207 g/mol. The molecule has 1 aromatic rings. The van der Waals surface area contributed by atoms with Crippen molar-refractivity contribution in [1.82, 2.24) is 5.32 Å². The molecule has 1 atom stereocenters. The fraction of sp³-hybridized carbons (Fsp3) is 0.538. The molecule has 0 amide bonds. The molecule has 0 aliphatic heterocycles. The third kappa shape index (κ3) is 3.24. The number of hydrogen-bond donors (Lipinski definition) is 1. The van der Waals surface area contributed by atoms with Gasteiger partial charge in [0, 0.05) is 6.04 Å². The fourth-order valence-corrected chi connectivity index (χ4v) is 1.49. The van der Waals surface area contributed by atoms with Crippen molar-refractivity contribution in [1.29, 1.82) is 0 Å². The van der Waals surface area contributed by atoms with Gasteiger partial charge in [-0.3, -0.25) is 0 Å². The average Bonchev–Trinajstić information content (AvgIpc) is 2.19. The standard InChI is InChI=1S/C13H21NO/c1-9(2)15-13-7-6-12(8-10(13)3)11(4)14-5/h6-9,11,14H,1-5H3. The van der Waals surface area contributed by atoms with Crippen molar-refractivity contribution in [2.45, 2.75) is 39.8 Å². The third-order valence-electron chi connectivity index (χ3n) is 2.49. The van der Waals surface area contributed by atoms with E-state index >= 15 is 0 Å². The molecular weight excluding hydrogens is 186 g/mol. The van der Waals surface area contributed by atoms with Gasteiger partial charge in [0.15, 0.2) is 0 Å². The van der Waals surface area contributed by atoms with Crippen molar-refractivity contribution in [3.05, 3.63) is 29.3 Å². The Balaban J connectivity index is 2.88. The van der Waals surface area contributed by atoms with Crippen LogP contribution in [0.2, 0.25) is 0 Å². The van der Waals surface area contributed by atoms with E-state index in [-0.39, 0.29) is 6.10 Å². The predicted octanol–water partition coefficient (Wildman–Crippen LogP) is 3.06. The lowest BCUT2D eigenvalue weighted by atomic mass is 10.1. The highest BCUT2D eigenvalue weighted by Gasteiger charge is 2.06. The van der Waals surface area contributed by atoms with Gasteiger partial charge in [-0.05, 0) is 51.9 Å². The molecule has 2 heteroatoms. The highest BCUT2D eigenvalue weighted by Crippen LogP contribution is 2.23. The van der Waals surface area contributed by atoms with Gasteiger partial charge < -0.3 is 10.1 Å². The first kappa shape index (κ1) is 12.1. The lowest BCUT2D eigenvalue weighted by molar-refractivity contribution is 0.240. The SMILES string of the molecule is CNC(C)c1ccc(OC(C)C)c(C)c1. The molecular formula is C13H21NO.